The summed E-state index contributed by atoms with van der Waals surface area (Å²) >= 11 is 0. The van der Waals surface area contributed by atoms with Gasteiger partial charge >= 0.3 is 0 Å². The largest absolute Gasteiger partial charge is 0.446 e. The fourth-order valence-electron chi connectivity index (χ4n) is 4.59. The molecule has 0 amide bonds. The van der Waals surface area contributed by atoms with Gasteiger partial charge in [0.15, 0.2) is 5.58 Å². The summed E-state index contributed by atoms with van der Waals surface area (Å²) in [7, 11) is 0. The van der Waals surface area contributed by atoms with Crippen LogP contribution < -0.4 is 4.90 Å². The van der Waals surface area contributed by atoms with E-state index in [0.717, 1.165) is 33.5 Å². The van der Waals surface area contributed by atoms with Crippen molar-refractivity contribution in [3.05, 3.63) is 159 Å². The van der Waals surface area contributed by atoms with Crippen LogP contribution in [0, 0.1) is 0 Å². The number of aromatic nitrogens is 2. The van der Waals surface area contributed by atoms with Gasteiger partial charge in [-0.05, 0) is 65.4 Å². The molecule has 0 saturated carbocycles. The van der Waals surface area contributed by atoms with Gasteiger partial charge in [-0.1, -0.05) is 79.9 Å². The van der Waals surface area contributed by atoms with Gasteiger partial charge in [-0.3, -0.25) is 0 Å². The van der Waals surface area contributed by atoms with Crippen LogP contribution in [0.15, 0.2) is 162 Å². The molecule has 0 saturated heterocycles. The van der Waals surface area contributed by atoms with Crippen molar-refractivity contribution in [3.63, 3.8) is 0 Å². The second-order valence-corrected chi connectivity index (χ2v) is 9.31. The van der Waals surface area contributed by atoms with Gasteiger partial charge in [0.1, 0.15) is 5.52 Å². The minimum absolute atomic E-state index is 0.402. The van der Waals surface area contributed by atoms with Crippen LogP contribution in [0.3, 0.4) is 0 Å². The monoisotopic (exact) mass is 533 g/mol. The topological polar surface area (TPSA) is 55.3 Å². The molecule has 0 aliphatic heterocycles. The molecule has 198 valence electrons. The highest BCUT2D eigenvalue weighted by atomic mass is 16.3. The molecule has 4 aromatic carbocycles. The van der Waals surface area contributed by atoms with Crippen LogP contribution in [-0.4, -0.2) is 9.97 Å². The number of hydrogen-bond donors (Lipinski definition) is 0. The van der Waals surface area contributed by atoms with Gasteiger partial charge in [-0.15, -0.1) is 0 Å². The quantitative estimate of drug-likeness (QED) is 0.191. The lowest BCUT2D eigenvalue weighted by molar-refractivity contribution is 0.520. The Morgan fingerprint density at radius 1 is 0.756 bits per heavy atom. The average molecular weight is 534 g/mol. The van der Waals surface area contributed by atoms with E-state index >= 15 is 0 Å². The standard InChI is InChI=1S/C36H27N3O2/c1-3-4-11-26(2)35-37-22-21-30(16-10-23-40-35)39(31-18-17-27-12-8-9-15-29(27)24-31)32-19-20-33-34(25-32)41-36(38-33)28-13-6-5-7-14-28/h3-25H,1-2H2/b11-4-,22-21?,23-10?,30-16?,37-35?. The summed E-state index contributed by atoms with van der Waals surface area (Å²) in [4.78, 5) is 11.4. The van der Waals surface area contributed by atoms with E-state index in [1.807, 2.05) is 78.9 Å². The minimum Gasteiger partial charge on any atom is -0.446 e. The second kappa shape index (κ2) is 11.6. The maximum Gasteiger partial charge on any atom is 0.227 e. The highest BCUT2D eigenvalue weighted by Gasteiger charge is 2.16. The van der Waals surface area contributed by atoms with E-state index in [0.29, 0.717) is 22.9 Å². The Morgan fingerprint density at radius 2 is 1.54 bits per heavy atom. The van der Waals surface area contributed by atoms with Gasteiger partial charge in [0.2, 0.25) is 11.8 Å². The highest BCUT2D eigenvalue weighted by molar-refractivity contribution is 5.90. The van der Waals surface area contributed by atoms with Crippen molar-refractivity contribution in [3.8, 4) is 11.5 Å². The van der Waals surface area contributed by atoms with Crippen molar-refractivity contribution in [1.29, 1.82) is 0 Å². The average Bonchev–Trinajstić information content (AvgIpc) is 3.49. The molecule has 2 aromatic heterocycles. The van der Waals surface area contributed by atoms with Crippen molar-refractivity contribution in [2.75, 3.05) is 4.90 Å². The Labute approximate surface area is 238 Å². The normalized spacial score (nSPS) is 11.0. The Morgan fingerprint density at radius 3 is 2.39 bits per heavy atom. The number of oxazole rings is 1. The molecule has 0 spiro atoms. The molecule has 0 unspecified atom stereocenters. The van der Waals surface area contributed by atoms with Crippen LogP contribution >= 0.6 is 0 Å². The Bertz CT molecular complexity index is 1950. The summed E-state index contributed by atoms with van der Waals surface area (Å²) in [6.45, 7) is 7.75. The van der Waals surface area contributed by atoms with E-state index in [1.54, 1.807) is 30.7 Å². The fourth-order valence-corrected chi connectivity index (χ4v) is 4.59. The first-order valence-electron chi connectivity index (χ1n) is 13.2. The smallest absolute Gasteiger partial charge is 0.227 e. The van der Waals surface area contributed by atoms with Crippen LogP contribution in [0.5, 0.6) is 0 Å². The van der Waals surface area contributed by atoms with Crippen LogP contribution in [0.1, 0.15) is 5.89 Å². The summed E-state index contributed by atoms with van der Waals surface area (Å²) in [5, 5.41) is 2.31. The summed E-state index contributed by atoms with van der Waals surface area (Å²) in [5.74, 6) is 0.989. The Hall–Kier alpha value is -5.68. The molecule has 0 atom stereocenters. The number of rotatable bonds is 7. The predicted octanol–water partition coefficient (Wildman–Crippen LogP) is 9.99. The molecule has 5 heteroatoms. The molecule has 2 heterocycles. The third-order valence-corrected chi connectivity index (χ3v) is 6.57. The molecular weight excluding hydrogens is 506 g/mol. The lowest BCUT2D eigenvalue weighted by atomic mass is 10.1. The lowest BCUT2D eigenvalue weighted by Crippen LogP contribution is -2.09. The molecule has 0 fully saturated rings. The van der Waals surface area contributed by atoms with Crippen LogP contribution in [0.4, 0.5) is 17.1 Å². The number of anilines is 3. The fraction of sp³-hybridized carbons (Fsp3) is 0. The van der Waals surface area contributed by atoms with Crippen molar-refractivity contribution in [2.45, 2.75) is 0 Å². The van der Waals surface area contributed by atoms with Crippen LogP contribution in [0.25, 0.3) is 38.9 Å². The third kappa shape index (κ3) is 5.56. The molecule has 0 aliphatic rings. The predicted molar refractivity (Wildman–Crippen MR) is 168 cm³/mol. The van der Waals surface area contributed by atoms with Gasteiger partial charge in [-0.2, -0.15) is 0 Å². The molecule has 0 radical (unpaired) electrons. The molecular formula is C36H27N3O2. The SMILES string of the molecule is C=C/C=C\C(=C)c1nccc(N(c2ccc3ccccc3c2)c2ccc3nc(-c4ccccc4)oc3c2)ccco1. The number of fused-ring (bicyclic) bond motifs is 2. The Balaban J connectivity index is 1.49. The summed E-state index contributed by atoms with van der Waals surface area (Å²) in [6, 6.07) is 36.5. The molecule has 6 rings (SSSR count). The van der Waals surface area contributed by atoms with Crippen molar-refractivity contribution < 1.29 is 8.83 Å². The first kappa shape index (κ1) is 25.6. The van der Waals surface area contributed by atoms with E-state index < -0.39 is 0 Å². The van der Waals surface area contributed by atoms with Crippen LogP contribution in [0.2, 0.25) is 0 Å². The van der Waals surface area contributed by atoms with Gasteiger partial charge in [-0.25, -0.2) is 9.97 Å². The van der Waals surface area contributed by atoms with Gasteiger partial charge < -0.3 is 13.7 Å². The molecule has 6 aromatic rings. The zero-order valence-electron chi connectivity index (χ0n) is 22.4. The minimum atomic E-state index is 0.402. The maximum atomic E-state index is 6.22. The highest BCUT2D eigenvalue weighted by Crippen LogP contribution is 2.37. The summed E-state index contributed by atoms with van der Waals surface area (Å²) in [5.41, 5.74) is 5.83. The molecule has 0 bridgehead atoms. The number of nitrogens with zero attached hydrogens (tertiary/aromatic N) is 3. The summed E-state index contributed by atoms with van der Waals surface area (Å²) in [6.07, 6.45) is 8.60. The Kier molecular flexibility index (Phi) is 7.24. The van der Waals surface area contributed by atoms with Gasteiger partial charge in [0.05, 0.1) is 6.26 Å². The third-order valence-electron chi connectivity index (χ3n) is 6.57. The van der Waals surface area contributed by atoms with E-state index in [9.17, 15) is 0 Å². The zero-order valence-corrected chi connectivity index (χ0v) is 22.4. The maximum absolute atomic E-state index is 6.22. The number of hydrogen-bond acceptors (Lipinski definition) is 5. The lowest BCUT2D eigenvalue weighted by Gasteiger charge is -2.25. The first-order chi connectivity index (χ1) is 20.2. The van der Waals surface area contributed by atoms with Gasteiger partial charge in [0.25, 0.3) is 0 Å². The molecule has 5 nitrogen and oxygen atoms in total. The number of allylic oxidation sites excluding steroid dienone is 4. The molecule has 0 N–H and O–H groups in total. The number of benzene rings is 4. The summed E-state index contributed by atoms with van der Waals surface area (Å²) < 4.78 is 12.0. The van der Waals surface area contributed by atoms with E-state index in [4.69, 9.17) is 13.8 Å². The second-order valence-electron chi connectivity index (χ2n) is 9.31. The van der Waals surface area contributed by atoms with E-state index in [2.05, 4.69) is 53.4 Å². The van der Waals surface area contributed by atoms with Gasteiger partial charge in [0, 0.05) is 40.5 Å². The van der Waals surface area contributed by atoms with Crippen LogP contribution in [-0.2, 0) is 0 Å². The zero-order chi connectivity index (χ0) is 28.0. The molecule has 41 heavy (non-hydrogen) atoms. The molecule has 0 aliphatic carbocycles. The van der Waals surface area contributed by atoms with Crippen molar-refractivity contribution >= 4 is 44.5 Å². The van der Waals surface area contributed by atoms with Crippen molar-refractivity contribution in [2.24, 2.45) is 0 Å². The first-order valence-corrected chi connectivity index (χ1v) is 13.2. The van der Waals surface area contributed by atoms with E-state index in [-0.39, 0.29) is 0 Å². The van der Waals surface area contributed by atoms with E-state index in [1.165, 1.54) is 5.39 Å². The van der Waals surface area contributed by atoms with Crippen molar-refractivity contribution in [1.82, 2.24) is 9.97 Å².